The minimum absolute atomic E-state index is 0.0508. The number of likely N-dealkylation sites (tertiary alicyclic amines) is 2. The SMILES string of the molecule is COc1ccccc1C(=O)N1C[C@@H]2CN(C(=O)CO)C[C@@H]2[C@H]1c1ccccc1C. The van der Waals surface area contributed by atoms with Gasteiger partial charge in [0.05, 0.1) is 18.7 Å². The monoisotopic (exact) mass is 394 g/mol. The highest BCUT2D eigenvalue weighted by molar-refractivity contribution is 5.97. The number of benzene rings is 2. The van der Waals surface area contributed by atoms with E-state index in [1.54, 1.807) is 24.1 Å². The molecule has 4 rings (SSSR count). The molecule has 0 radical (unpaired) electrons. The van der Waals surface area contributed by atoms with Crippen LogP contribution in [0, 0.1) is 18.8 Å². The molecule has 6 nitrogen and oxygen atoms in total. The summed E-state index contributed by atoms with van der Waals surface area (Å²) in [7, 11) is 1.57. The molecule has 3 atom stereocenters. The van der Waals surface area contributed by atoms with Gasteiger partial charge in [-0.05, 0) is 30.2 Å². The summed E-state index contributed by atoms with van der Waals surface area (Å²) in [6.45, 7) is 3.29. The van der Waals surface area contributed by atoms with Crippen LogP contribution in [-0.2, 0) is 4.79 Å². The van der Waals surface area contributed by atoms with Crippen molar-refractivity contribution >= 4 is 11.8 Å². The second-order valence-electron chi connectivity index (χ2n) is 7.84. The predicted molar refractivity (Wildman–Crippen MR) is 109 cm³/mol. The van der Waals surface area contributed by atoms with E-state index in [9.17, 15) is 14.7 Å². The molecule has 2 aromatic rings. The van der Waals surface area contributed by atoms with E-state index in [0.717, 1.165) is 11.1 Å². The highest BCUT2D eigenvalue weighted by Crippen LogP contribution is 2.46. The second-order valence-corrected chi connectivity index (χ2v) is 7.84. The third-order valence-electron chi connectivity index (χ3n) is 6.26. The number of fused-ring (bicyclic) bond motifs is 1. The molecule has 0 aromatic heterocycles. The van der Waals surface area contributed by atoms with Crippen LogP contribution in [0.4, 0.5) is 0 Å². The Hall–Kier alpha value is -2.86. The van der Waals surface area contributed by atoms with Gasteiger partial charge in [-0.2, -0.15) is 0 Å². The van der Waals surface area contributed by atoms with E-state index in [1.165, 1.54) is 0 Å². The van der Waals surface area contributed by atoms with Crippen molar-refractivity contribution in [2.75, 3.05) is 33.4 Å². The summed E-state index contributed by atoms with van der Waals surface area (Å²) in [4.78, 5) is 29.3. The van der Waals surface area contributed by atoms with Crippen LogP contribution in [0.15, 0.2) is 48.5 Å². The number of aliphatic hydroxyl groups excluding tert-OH is 1. The van der Waals surface area contributed by atoms with Crippen LogP contribution in [0.3, 0.4) is 0 Å². The average Bonchev–Trinajstić information content (AvgIpc) is 3.31. The molecule has 0 bridgehead atoms. The second kappa shape index (κ2) is 7.87. The van der Waals surface area contributed by atoms with Crippen molar-refractivity contribution in [3.05, 3.63) is 65.2 Å². The van der Waals surface area contributed by atoms with Gasteiger partial charge in [0.15, 0.2) is 0 Å². The number of carbonyl (C=O) groups excluding carboxylic acids is 2. The van der Waals surface area contributed by atoms with E-state index >= 15 is 0 Å². The van der Waals surface area contributed by atoms with Crippen LogP contribution in [0.1, 0.15) is 27.5 Å². The highest BCUT2D eigenvalue weighted by atomic mass is 16.5. The Morgan fingerprint density at radius 2 is 1.79 bits per heavy atom. The number of aryl methyl sites for hydroxylation is 1. The molecule has 152 valence electrons. The zero-order valence-corrected chi connectivity index (χ0v) is 16.7. The molecule has 2 aromatic carbocycles. The Morgan fingerprint density at radius 3 is 2.52 bits per heavy atom. The van der Waals surface area contributed by atoms with Crippen LogP contribution in [0.25, 0.3) is 0 Å². The molecule has 2 heterocycles. The Balaban J connectivity index is 1.72. The largest absolute Gasteiger partial charge is 0.496 e. The van der Waals surface area contributed by atoms with Gasteiger partial charge in [0, 0.05) is 31.5 Å². The molecule has 6 heteroatoms. The fraction of sp³-hybridized carbons (Fsp3) is 0.391. The van der Waals surface area contributed by atoms with E-state index in [-0.39, 0.29) is 29.7 Å². The molecule has 2 saturated heterocycles. The van der Waals surface area contributed by atoms with E-state index in [0.29, 0.717) is 30.9 Å². The molecule has 0 unspecified atom stereocenters. The minimum Gasteiger partial charge on any atom is -0.496 e. The van der Waals surface area contributed by atoms with Gasteiger partial charge in [0.1, 0.15) is 12.4 Å². The highest BCUT2D eigenvalue weighted by Gasteiger charge is 2.50. The first kappa shape index (κ1) is 19.5. The number of amides is 2. The third-order valence-corrected chi connectivity index (χ3v) is 6.26. The van der Waals surface area contributed by atoms with Gasteiger partial charge in [-0.15, -0.1) is 0 Å². The van der Waals surface area contributed by atoms with Crippen LogP contribution in [0.2, 0.25) is 0 Å². The average molecular weight is 394 g/mol. The van der Waals surface area contributed by atoms with Crippen molar-refractivity contribution in [1.29, 1.82) is 0 Å². The normalized spacial score (nSPS) is 23.2. The number of ether oxygens (including phenoxy) is 1. The number of methoxy groups -OCH3 is 1. The number of hydrogen-bond donors (Lipinski definition) is 1. The van der Waals surface area contributed by atoms with Gasteiger partial charge < -0.3 is 19.6 Å². The fourth-order valence-corrected chi connectivity index (χ4v) is 4.85. The number of rotatable bonds is 4. The molecule has 2 aliphatic rings. The zero-order chi connectivity index (χ0) is 20.5. The predicted octanol–water partition coefficient (Wildman–Crippen LogP) is 2.27. The third kappa shape index (κ3) is 3.38. The standard InChI is InChI=1S/C23H26N2O4/c1-15-7-3-4-8-17(15)22-19-13-24(21(27)14-26)11-16(19)12-25(22)23(28)18-9-5-6-10-20(18)29-2/h3-10,16,19,22,26H,11-14H2,1-2H3/t16-,19-,22+/m0/s1. The molecular weight excluding hydrogens is 368 g/mol. The molecule has 2 fully saturated rings. The smallest absolute Gasteiger partial charge is 0.258 e. The molecule has 2 amide bonds. The van der Waals surface area contributed by atoms with E-state index < -0.39 is 6.61 Å². The summed E-state index contributed by atoms with van der Waals surface area (Å²) in [5, 5.41) is 9.26. The van der Waals surface area contributed by atoms with Gasteiger partial charge in [0.25, 0.3) is 5.91 Å². The molecule has 0 aliphatic carbocycles. The first-order valence-corrected chi connectivity index (χ1v) is 9.93. The number of para-hydroxylation sites is 1. The summed E-state index contributed by atoms with van der Waals surface area (Å²) in [6, 6.07) is 15.3. The fourth-order valence-electron chi connectivity index (χ4n) is 4.85. The first-order valence-electron chi connectivity index (χ1n) is 9.93. The molecule has 0 saturated carbocycles. The van der Waals surface area contributed by atoms with Gasteiger partial charge in [-0.1, -0.05) is 36.4 Å². The number of aliphatic hydroxyl groups is 1. The molecule has 2 aliphatic heterocycles. The number of nitrogens with zero attached hydrogens (tertiary/aromatic N) is 2. The van der Waals surface area contributed by atoms with Crippen LogP contribution >= 0.6 is 0 Å². The Kier molecular flexibility index (Phi) is 5.28. The number of carbonyl (C=O) groups is 2. The Bertz CT molecular complexity index is 929. The Labute approximate surface area is 170 Å². The molecule has 29 heavy (non-hydrogen) atoms. The lowest BCUT2D eigenvalue weighted by Gasteiger charge is -2.31. The summed E-state index contributed by atoms with van der Waals surface area (Å²) in [5.74, 6) is 0.602. The van der Waals surface area contributed by atoms with E-state index in [2.05, 4.69) is 19.1 Å². The maximum Gasteiger partial charge on any atom is 0.258 e. The van der Waals surface area contributed by atoms with Crippen LogP contribution in [-0.4, -0.2) is 60.1 Å². The van der Waals surface area contributed by atoms with Gasteiger partial charge in [-0.3, -0.25) is 9.59 Å². The van der Waals surface area contributed by atoms with Crippen molar-refractivity contribution in [1.82, 2.24) is 9.80 Å². The zero-order valence-electron chi connectivity index (χ0n) is 16.7. The van der Waals surface area contributed by atoms with Crippen molar-refractivity contribution < 1.29 is 19.4 Å². The van der Waals surface area contributed by atoms with Crippen LogP contribution in [0.5, 0.6) is 5.75 Å². The lowest BCUT2D eigenvalue weighted by atomic mass is 9.87. The number of hydrogen-bond acceptors (Lipinski definition) is 4. The summed E-state index contributed by atoms with van der Waals surface area (Å²) >= 11 is 0. The maximum absolute atomic E-state index is 13.5. The summed E-state index contributed by atoms with van der Waals surface area (Å²) < 4.78 is 5.42. The lowest BCUT2D eigenvalue weighted by molar-refractivity contribution is -0.133. The topological polar surface area (TPSA) is 70.1 Å². The summed E-state index contributed by atoms with van der Waals surface area (Å²) in [5.41, 5.74) is 2.79. The summed E-state index contributed by atoms with van der Waals surface area (Å²) in [6.07, 6.45) is 0. The molecule has 0 spiro atoms. The quantitative estimate of drug-likeness (QED) is 0.864. The maximum atomic E-state index is 13.5. The molecular formula is C23H26N2O4. The molecule has 1 N–H and O–H groups in total. The van der Waals surface area contributed by atoms with Crippen molar-refractivity contribution in [3.63, 3.8) is 0 Å². The Morgan fingerprint density at radius 1 is 1.07 bits per heavy atom. The van der Waals surface area contributed by atoms with Crippen molar-refractivity contribution in [3.8, 4) is 5.75 Å². The van der Waals surface area contributed by atoms with E-state index in [4.69, 9.17) is 4.74 Å². The van der Waals surface area contributed by atoms with Gasteiger partial charge >= 0.3 is 0 Å². The van der Waals surface area contributed by atoms with Crippen molar-refractivity contribution in [2.24, 2.45) is 11.8 Å². The lowest BCUT2D eigenvalue weighted by Crippen LogP contribution is -2.38. The first-order chi connectivity index (χ1) is 14.0. The van der Waals surface area contributed by atoms with Gasteiger partial charge in [0.2, 0.25) is 5.91 Å². The van der Waals surface area contributed by atoms with Crippen molar-refractivity contribution in [2.45, 2.75) is 13.0 Å². The minimum atomic E-state index is -0.474. The van der Waals surface area contributed by atoms with Gasteiger partial charge in [-0.25, -0.2) is 0 Å². The van der Waals surface area contributed by atoms with E-state index in [1.807, 2.05) is 29.2 Å². The van der Waals surface area contributed by atoms with Crippen LogP contribution < -0.4 is 4.74 Å².